The lowest BCUT2D eigenvalue weighted by molar-refractivity contribution is -0.141. The van der Waals surface area contributed by atoms with Crippen LogP contribution in [0.5, 0.6) is 0 Å². The number of aromatic nitrogens is 5. The summed E-state index contributed by atoms with van der Waals surface area (Å²) in [4.78, 5) is 32.3. The number of alkyl halides is 5. The summed E-state index contributed by atoms with van der Waals surface area (Å²) in [6.07, 6.45) is -6.50. The van der Waals surface area contributed by atoms with Gasteiger partial charge in [-0.15, -0.1) is 0 Å². The molecule has 4 rings (SSSR count). The number of fused-ring (bicyclic) bond motifs is 3. The van der Waals surface area contributed by atoms with Gasteiger partial charge >= 0.3 is 6.18 Å². The van der Waals surface area contributed by atoms with E-state index in [9.17, 15) is 35.9 Å². The van der Waals surface area contributed by atoms with E-state index in [1.54, 1.807) is 0 Å². The lowest BCUT2D eigenvalue weighted by Gasteiger charge is -2.13. The number of nitrogens with one attached hydrogen (secondary N) is 1. The van der Waals surface area contributed by atoms with Crippen molar-refractivity contribution in [2.24, 2.45) is 0 Å². The van der Waals surface area contributed by atoms with E-state index in [2.05, 4.69) is 20.4 Å². The van der Waals surface area contributed by atoms with E-state index in [4.69, 9.17) is 0 Å². The number of hydrogen-bond acceptors (Lipinski definition) is 5. The Morgan fingerprint density at radius 2 is 1.88 bits per heavy atom. The van der Waals surface area contributed by atoms with Gasteiger partial charge in [-0.05, 0) is 24.3 Å². The van der Waals surface area contributed by atoms with Crippen LogP contribution in [-0.2, 0) is 17.5 Å². The third-order valence-electron chi connectivity index (χ3n) is 4.40. The van der Waals surface area contributed by atoms with Crippen LogP contribution in [0.4, 0.5) is 32.2 Å². The van der Waals surface area contributed by atoms with Crippen LogP contribution in [0.2, 0.25) is 0 Å². The standard InChI is InChI=1S/C18H10F6N6O2/c19-8-1-4-12(25-5-8)28-13(31)7-29-16-10(14(20)21)6-26-30(16)15-9(17(29)32)2-3-11(27-15)18(22,23)24/h1-6,14H,7H2,(H,25,28,31). The second-order valence-corrected chi connectivity index (χ2v) is 6.50. The third kappa shape index (κ3) is 3.74. The molecule has 14 heteroatoms. The van der Waals surface area contributed by atoms with Crippen molar-refractivity contribution in [1.82, 2.24) is 24.1 Å². The van der Waals surface area contributed by atoms with Gasteiger partial charge in [0.05, 0.1) is 23.3 Å². The predicted octanol–water partition coefficient (Wildman–Crippen LogP) is 3.17. The summed E-state index contributed by atoms with van der Waals surface area (Å²) in [7, 11) is 0. The number of hydrogen-bond donors (Lipinski definition) is 1. The van der Waals surface area contributed by atoms with E-state index in [0.29, 0.717) is 21.3 Å². The molecular weight excluding hydrogens is 446 g/mol. The zero-order valence-electron chi connectivity index (χ0n) is 15.6. The minimum atomic E-state index is -4.85. The maximum Gasteiger partial charge on any atom is 0.433 e. The maximum absolute atomic E-state index is 13.5. The maximum atomic E-state index is 13.5. The average molecular weight is 456 g/mol. The van der Waals surface area contributed by atoms with Crippen molar-refractivity contribution in [3.05, 3.63) is 64.1 Å². The monoisotopic (exact) mass is 456 g/mol. The van der Waals surface area contributed by atoms with Gasteiger partial charge in [0.25, 0.3) is 12.0 Å². The fourth-order valence-electron chi connectivity index (χ4n) is 3.03. The first-order valence-corrected chi connectivity index (χ1v) is 8.74. The molecule has 32 heavy (non-hydrogen) atoms. The summed E-state index contributed by atoms with van der Waals surface area (Å²) >= 11 is 0. The quantitative estimate of drug-likeness (QED) is 0.476. The molecule has 4 heterocycles. The van der Waals surface area contributed by atoms with Crippen molar-refractivity contribution in [2.45, 2.75) is 19.1 Å². The van der Waals surface area contributed by atoms with Crippen LogP contribution >= 0.6 is 0 Å². The highest BCUT2D eigenvalue weighted by molar-refractivity contribution is 5.90. The Morgan fingerprint density at radius 1 is 1.12 bits per heavy atom. The topological polar surface area (TPSA) is 94.2 Å². The fourth-order valence-corrected chi connectivity index (χ4v) is 3.03. The third-order valence-corrected chi connectivity index (χ3v) is 4.40. The number of pyridine rings is 2. The number of carbonyl (C=O) groups is 1. The summed E-state index contributed by atoms with van der Waals surface area (Å²) in [6, 6.07) is 3.53. The van der Waals surface area contributed by atoms with Crippen LogP contribution in [0.1, 0.15) is 17.7 Å². The lowest BCUT2D eigenvalue weighted by Crippen LogP contribution is -2.30. The van der Waals surface area contributed by atoms with E-state index < -0.39 is 59.0 Å². The molecule has 0 aromatic carbocycles. The zero-order chi connectivity index (χ0) is 23.2. The molecule has 8 nitrogen and oxygen atoms in total. The highest BCUT2D eigenvalue weighted by Crippen LogP contribution is 2.30. The minimum Gasteiger partial charge on any atom is -0.309 e. The van der Waals surface area contributed by atoms with Crippen molar-refractivity contribution in [2.75, 3.05) is 5.32 Å². The molecule has 166 valence electrons. The van der Waals surface area contributed by atoms with Crippen molar-refractivity contribution in [3.63, 3.8) is 0 Å². The number of carbonyl (C=O) groups excluding carboxylic acids is 1. The molecule has 1 N–H and O–H groups in total. The molecule has 0 aliphatic carbocycles. The molecule has 0 radical (unpaired) electrons. The Kier molecular flexibility index (Phi) is 5.06. The second kappa shape index (κ2) is 7.62. The van der Waals surface area contributed by atoms with Gasteiger partial charge < -0.3 is 5.32 Å². The smallest absolute Gasteiger partial charge is 0.309 e. The number of amides is 1. The van der Waals surface area contributed by atoms with Crippen LogP contribution in [0.25, 0.3) is 16.7 Å². The van der Waals surface area contributed by atoms with Crippen LogP contribution in [0, 0.1) is 5.82 Å². The molecule has 1 amide bonds. The molecule has 0 bridgehead atoms. The minimum absolute atomic E-state index is 0.0691. The predicted molar refractivity (Wildman–Crippen MR) is 97.5 cm³/mol. The van der Waals surface area contributed by atoms with E-state index in [1.165, 1.54) is 0 Å². The van der Waals surface area contributed by atoms with Gasteiger partial charge in [-0.2, -0.15) is 22.8 Å². The molecule has 4 aromatic rings. The molecule has 0 saturated heterocycles. The number of anilines is 1. The Bertz CT molecular complexity index is 1390. The zero-order valence-corrected chi connectivity index (χ0v) is 15.6. The summed E-state index contributed by atoms with van der Waals surface area (Å²) in [5.41, 5.74) is -4.35. The van der Waals surface area contributed by atoms with Gasteiger partial charge in [-0.25, -0.2) is 23.1 Å². The Hall–Kier alpha value is -3.97. The molecule has 0 unspecified atom stereocenters. The van der Waals surface area contributed by atoms with Crippen molar-refractivity contribution < 1.29 is 31.1 Å². The Balaban J connectivity index is 1.87. The summed E-state index contributed by atoms with van der Waals surface area (Å²) in [6.45, 7) is -0.802. The number of rotatable bonds is 4. The molecule has 0 atom stereocenters. The van der Waals surface area contributed by atoms with Crippen LogP contribution < -0.4 is 10.9 Å². The largest absolute Gasteiger partial charge is 0.433 e. The SMILES string of the molecule is O=C(Cn1c(=O)c2ccc(C(F)(F)F)nc2n2ncc(C(F)F)c12)Nc1ccc(F)cn1. The summed E-state index contributed by atoms with van der Waals surface area (Å²) < 4.78 is 80.4. The average Bonchev–Trinajstić information content (AvgIpc) is 3.17. The van der Waals surface area contributed by atoms with Gasteiger partial charge in [0.2, 0.25) is 5.91 Å². The first-order valence-electron chi connectivity index (χ1n) is 8.74. The molecule has 0 fully saturated rings. The fraction of sp³-hybridized carbons (Fsp3) is 0.167. The summed E-state index contributed by atoms with van der Waals surface area (Å²) in [5, 5.41) is 5.55. The highest BCUT2D eigenvalue weighted by Gasteiger charge is 2.33. The van der Waals surface area contributed by atoms with E-state index in [0.717, 1.165) is 24.4 Å². The molecule has 4 aromatic heterocycles. The molecule has 0 aliphatic rings. The normalized spacial score (nSPS) is 12.1. The molecule has 0 saturated carbocycles. The van der Waals surface area contributed by atoms with Gasteiger partial charge in [-0.1, -0.05) is 0 Å². The van der Waals surface area contributed by atoms with E-state index >= 15 is 0 Å². The van der Waals surface area contributed by atoms with E-state index in [-0.39, 0.29) is 11.2 Å². The highest BCUT2D eigenvalue weighted by atomic mass is 19.4. The van der Waals surface area contributed by atoms with Gasteiger partial charge in [0.1, 0.15) is 23.9 Å². The Morgan fingerprint density at radius 3 is 2.50 bits per heavy atom. The molecular formula is C18H10F6N6O2. The molecule has 0 spiro atoms. The van der Waals surface area contributed by atoms with E-state index in [1.807, 2.05) is 0 Å². The first-order chi connectivity index (χ1) is 15.1. The lowest BCUT2D eigenvalue weighted by atomic mass is 10.2. The van der Waals surface area contributed by atoms with Crippen molar-refractivity contribution in [1.29, 1.82) is 0 Å². The summed E-state index contributed by atoms with van der Waals surface area (Å²) in [5.74, 6) is -1.61. The van der Waals surface area contributed by atoms with Crippen LogP contribution in [0.15, 0.2) is 41.5 Å². The van der Waals surface area contributed by atoms with Crippen molar-refractivity contribution in [3.8, 4) is 0 Å². The number of nitrogens with zero attached hydrogens (tertiary/aromatic N) is 5. The van der Waals surface area contributed by atoms with Crippen molar-refractivity contribution >= 4 is 28.4 Å². The van der Waals surface area contributed by atoms with Crippen LogP contribution in [-0.4, -0.2) is 30.1 Å². The molecule has 0 aliphatic heterocycles. The van der Waals surface area contributed by atoms with Crippen LogP contribution in [0.3, 0.4) is 0 Å². The first kappa shape index (κ1) is 21.3. The Labute approximate surface area is 173 Å². The second-order valence-electron chi connectivity index (χ2n) is 6.50. The van der Waals surface area contributed by atoms with Gasteiger partial charge in [-0.3, -0.25) is 14.2 Å². The number of halogens is 6. The van der Waals surface area contributed by atoms with Gasteiger partial charge in [0, 0.05) is 0 Å². The van der Waals surface area contributed by atoms with Gasteiger partial charge in [0.15, 0.2) is 11.3 Å².